The number of nitrogens with zero attached hydrogens (tertiary/aromatic N) is 1. The Hall–Kier alpha value is -1.01. The van der Waals surface area contributed by atoms with E-state index in [1.54, 1.807) is 24.3 Å². The number of benzene rings is 1. The largest absolute Gasteiger partial charge is 0.418 e. The van der Waals surface area contributed by atoms with Gasteiger partial charge in [0.25, 0.3) is 0 Å². The lowest BCUT2D eigenvalue weighted by Gasteiger charge is -1.93. The van der Waals surface area contributed by atoms with Gasteiger partial charge in [0.15, 0.2) is 16.3 Å². The number of hydrogen-bond donors (Lipinski definition) is 0. The van der Waals surface area contributed by atoms with E-state index in [0.717, 1.165) is 0 Å². The molecule has 0 aromatic heterocycles. The Labute approximate surface area is 67.5 Å². The van der Waals surface area contributed by atoms with Gasteiger partial charge in [0.2, 0.25) is 0 Å². The molecule has 0 aliphatic rings. The topological polar surface area (TPSA) is 33.0 Å². The Morgan fingerprint density at radius 2 is 1.90 bits per heavy atom. The van der Waals surface area contributed by atoms with E-state index in [1.165, 1.54) is 0 Å². The molecule has 1 rings (SSSR count). The maximum atomic E-state index is 8.40. The van der Waals surface area contributed by atoms with Gasteiger partial charge in [-0.05, 0) is 24.3 Å². The van der Waals surface area contributed by atoms with Gasteiger partial charge in [-0.3, -0.25) is 0 Å². The third kappa shape index (κ3) is 1.49. The summed E-state index contributed by atoms with van der Waals surface area (Å²) in [6.07, 6.45) is 0. The van der Waals surface area contributed by atoms with Crippen molar-refractivity contribution in [1.82, 2.24) is 0 Å². The highest BCUT2D eigenvalue weighted by atomic mass is 79.9. The fraction of sp³-hybridized carbons (Fsp3) is 0. The fourth-order valence-electron chi connectivity index (χ4n) is 0.581. The third-order valence-electron chi connectivity index (χ3n) is 1.07. The van der Waals surface area contributed by atoms with Gasteiger partial charge in [-0.1, -0.05) is 0 Å². The van der Waals surface area contributed by atoms with Crippen LogP contribution in [0.2, 0.25) is 0 Å². The average molecular weight is 198 g/mol. The van der Waals surface area contributed by atoms with Crippen LogP contribution in [0.5, 0.6) is 5.75 Å². The standard InChI is InChI=1S/C7H4BrNO/c8-10-7-3-1-6(5-9)2-4-7/h1-4H. The van der Waals surface area contributed by atoms with Crippen LogP contribution < -0.4 is 3.83 Å². The van der Waals surface area contributed by atoms with Crippen LogP contribution in [0, 0.1) is 11.3 Å². The Balaban J connectivity index is 2.93. The molecule has 1 aromatic rings. The molecule has 50 valence electrons. The van der Waals surface area contributed by atoms with Crippen molar-refractivity contribution in [3.05, 3.63) is 29.8 Å². The predicted octanol–water partition coefficient (Wildman–Crippen LogP) is 2.25. The molecule has 0 saturated heterocycles. The van der Waals surface area contributed by atoms with Gasteiger partial charge in [0.1, 0.15) is 5.75 Å². The van der Waals surface area contributed by atoms with Crippen LogP contribution in [0.25, 0.3) is 0 Å². The van der Waals surface area contributed by atoms with Crippen LogP contribution in [-0.2, 0) is 0 Å². The molecule has 1 aromatic carbocycles. The summed E-state index contributed by atoms with van der Waals surface area (Å²) in [5.74, 6) is 0.694. The maximum Gasteiger partial charge on any atom is 0.179 e. The van der Waals surface area contributed by atoms with Crippen molar-refractivity contribution < 1.29 is 3.83 Å². The highest BCUT2D eigenvalue weighted by Crippen LogP contribution is 2.12. The monoisotopic (exact) mass is 197 g/mol. The van der Waals surface area contributed by atoms with E-state index in [2.05, 4.69) is 16.3 Å². The van der Waals surface area contributed by atoms with Crippen molar-refractivity contribution in [3.63, 3.8) is 0 Å². The number of halogens is 1. The van der Waals surface area contributed by atoms with Gasteiger partial charge < -0.3 is 3.83 Å². The van der Waals surface area contributed by atoms with Crippen molar-refractivity contribution in [1.29, 1.82) is 5.26 Å². The molecular weight excluding hydrogens is 194 g/mol. The van der Waals surface area contributed by atoms with Crippen LogP contribution in [0.1, 0.15) is 5.56 Å². The lowest BCUT2D eigenvalue weighted by atomic mass is 10.2. The van der Waals surface area contributed by atoms with Gasteiger partial charge >= 0.3 is 0 Å². The molecule has 0 unspecified atom stereocenters. The van der Waals surface area contributed by atoms with Gasteiger partial charge in [-0.2, -0.15) is 5.26 Å². The first-order valence-electron chi connectivity index (χ1n) is 2.65. The molecule has 0 bridgehead atoms. The van der Waals surface area contributed by atoms with Crippen LogP contribution in [-0.4, -0.2) is 0 Å². The van der Waals surface area contributed by atoms with Crippen molar-refractivity contribution in [2.75, 3.05) is 0 Å². The summed E-state index contributed by atoms with van der Waals surface area (Å²) < 4.78 is 4.72. The molecule has 0 amide bonds. The van der Waals surface area contributed by atoms with Gasteiger partial charge in [-0.15, -0.1) is 0 Å². The summed E-state index contributed by atoms with van der Waals surface area (Å²) in [6.45, 7) is 0. The molecule has 3 heteroatoms. The van der Waals surface area contributed by atoms with Gasteiger partial charge in [0.05, 0.1) is 11.6 Å². The first-order chi connectivity index (χ1) is 4.86. The van der Waals surface area contributed by atoms with E-state index in [-0.39, 0.29) is 0 Å². The highest BCUT2D eigenvalue weighted by molar-refractivity contribution is 9.06. The zero-order valence-corrected chi connectivity index (χ0v) is 6.63. The van der Waals surface area contributed by atoms with E-state index < -0.39 is 0 Å². The minimum absolute atomic E-state index is 0.633. The summed E-state index contributed by atoms with van der Waals surface area (Å²) in [7, 11) is 0. The molecule has 10 heavy (non-hydrogen) atoms. The van der Waals surface area contributed by atoms with E-state index in [0.29, 0.717) is 11.3 Å². The van der Waals surface area contributed by atoms with Crippen molar-refractivity contribution in [3.8, 4) is 11.8 Å². The summed E-state index contributed by atoms with van der Waals surface area (Å²) in [4.78, 5) is 0. The minimum atomic E-state index is 0.633. The predicted molar refractivity (Wildman–Crippen MR) is 40.7 cm³/mol. The third-order valence-corrected chi connectivity index (χ3v) is 1.45. The van der Waals surface area contributed by atoms with E-state index in [1.807, 2.05) is 6.07 Å². The number of hydrogen-bond acceptors (Lipinski definition) is 2. The number of rotatable bonds is 1. The molecule has 2 nitrogen and oxygen atoms in total. The lowest BCUT2D eigenvalue weighted by Crippen LogP contribution is -1.74. The summed E-state index contributed by atoms with van der Waals surface area (Å²) in [5.41, 5.74) is 0.633. The van der Waals surface area contributed by atoms with Gasteiger partial charge in [0, 0.05) is 0 Å². The Kier molecular flexibility index (Phi) is 2.30. The molecule has 0 fully saturated rings. The van der Waals surface area contributed by atoms with Crippen molar-refractivity contribution in [2.24, 2.45) is 0 Å². The molecule has 0 N–H and O–H groups in total. The van der Waals surface area contributed by atoms with Crippen molar-refractivity contribution in [2.45, 2.75) is 0 Å². The zero-order chi connectivity index (χ0) is 7.40. The SMILES string of the molecule is N#Cc1ccc(OBr)cc1. The minimum Gasteiger partial charge on any atom is -0.418 e. The molecular formula is C7H4BrNO. The molecule has 0 heterocycles. The molecule has 0 radical (unpaired) electrons. The maximum absolute atomic E-state index is 8.40. The van der Waals surface area contributed by atoms with Crippen molar-refractivity contribution >= 4 is 16.3 Å². The zero-order valence-electron chi connectivity index (χ0n) is 5.04. The summed E-state index contributed by atoms with van der Waals surface area (Å²) in [5, 5.41) is 8.40. The Bertz CT molecular complexity index is 249. The smallest absolute Gasteiger partial charge is 0.179 e. The van der Waals surface area contributed by atoms with Crippen LogP contribution in [0.3, 0.4) is 0 Å². The second kappa shape index (κ2) is 3.23. The second-order valence-electron chi connectivity index (χ2n) is 1.71. The van der Waals surface area contributed by atoms with Crippen LogP contribution in [0.15, 0.2) is 24.3 Å². The molecule has 0 atom stereocenters. The van der Waals surface area contributed by atoms with E-state index in [4.69, 9.17) is 9.09 Å². The highest BCUT2D eigenvalue weighted by Gasteiger charge is 1.90. The van der Waals surface area contributed by atoms with Crippen LogP contribution >= 0.6 is 16.3 Å². The average Bonchev–Trinajstić information content (AvgIpc) is 2.05. The molecule has 0 saturated carbocycles. The second-order valence-corrected chi connectivity index (χ2v) is 2.04. The summed E-state index contributed by atoms with van der Waals surface area (Å²) in [6, 6.07) is 8.82. The Morgan fingerprint density at radius 1 is 1.30 bits per heavy atom. The number of nitriles is 1. The van der Waals surface area contributed by atoms with Crippen LogP contribution in [0.4, 0.5) is 0 Å². The molecule has 0 spiro atoms. The first-order valence-corrected chi connectivity index (χ1v) is 3.30. The quantitative estimate of drug-likeness (QED) is 0.693. The molecule has 0 aliphatic heterocycles. The first kappa shape index (κ1) is 7.10. The Morgan fingerprint density at radius 3 is 2.30 bits per heavy atom. The molecule has 0 aliphatic carbocycles. The summed E-state index contributed by atoms with van der Waals surface area (Å²) >= 11 is 2.82. The normalized spacial score (nSPS) is 8.40. The van der Waals surface area contributed by atoms with Gasteiger partial charge in [-0.25, -0.2) is 0 Å². The fourth-order valence-corrected chi connectivity index (χ4v) is 0.797. The van der Waals surface area contributed by atoms with E-state index in [9.17, 15) is 0 Å². The lowest BCUT2D eigenvalue weighted by molar-refractivity contribution is 0.678. The van der Waals surface area contributed by atoms with E-state index >= 15 is 0 Å².